The van der Waals surface area contributed by atoms with Gasteiger partial charge in [-0.05, 0) is 13.0 Å². The zero-order chi connectivity index (χ0) is 9.84. The smallest absolute Gasteiger partial charge is 0.249 e. The molecule has 0 aromatic heterocycles. The van der Waals surface area contributed by atoms with Gasteiger partial charge < -0.3 is 5.32 Å². The summed E-state index contributed by atoms with van der Waals surface area (Å²) < 4.78 is 0. The highest BCUT2D eigenvalue weighted by Gasteiger charge is 2.30. The fourth-order valence-electron chi connectivity index (χ4n) is 1.04. The van der Waals surface area contributed by atoms with Gasteiger partial charge in [-0.1, -0.05) is 6.08 Å². The predicted octanol–water partition coefficient (Wildman–Crippen LogP) is -0.906. The third-order valence-electron chi connectivity index (χ3n) is 1.60. The molecule has 0 aromatic carbocycles. The summed E-state index contributed by atoms with van der Waals surface area (Å²) in [5, 5.41) is 4.50. The summed E-state index contributed by atoms with van der Waals surface area (Å²) in [5.41, 5.74) is 0. The molecular weight excluding hydrogens is 172 g/mol. The quantitative estimate of drug-likeness (QED) is 0.429. The van der Waals surface area contributed by atoms with Crippen molar-refractivity contribution in [1.82, 2.24) is 10.6 Å². The van der Waals surface area contributed by atoms with Gasteiger partial charge in [0.1, 0.15) is 6.04 Å². The summed E-state index contributed by atoms with van der Waals surface area (Å²) >= 11 is 0. The molecule has 5 nitrogen and oxygen atoms in total. The van der Waals surface area contributed by atoms with Crippen LogP contribution in [0.1, 0.15) is 13.3 Å². The molecule has 1 heterocycles. The molecule has 1 aliphatic heterocycles. The molecule has 1 unspecified atom stereocenters. The zero-order valence-corrected chi connectivity index (χ0v) is 7.16. The highest BCUT2D eigenvalue weighted by molar-refractivity contribution is 6.07. The number of imide groups is 1. The summed E-state index contributed by atoms with van der Waals surface area (Å²) in [5.74, 6) is -1.16. The Morgan fingerprint density at radius 1 is 1.62 bits per heavy atom. The highest BCUT2D eigenvalue weighted by Crippen LogP contribution is 2.00. The van der Waals surface area contributed by atoms with Crippen LogP contribution in [-0.4, -0.2) is 23.8 Å². The summed E-state index contributed by atoms with van der Waals surface area (Å²) in [6.45, 7) is 1.69. The number of hydrogen-bond donors (Lipinski definition) is 2. The fourth-order valence-corrected chi connectivity index (χ4v) is 1.04. The normalized spacial score (nSPS) is 22.1. The third kappa shape index (κ3) is 2.40. The Morgan fingerprint density at radius 2 is 2.31 bits per heavy atom. The van der Waals surface area contributed by atoms with Crippen LogP contribution in [0.4, 0.5) is 0 Å². The lowest BCUT2D eigenvalue weighted by Crippen LogP contribution is -2.39. The number of carbonyl (C=O) groups is 3. The van der Waals surface area contributed by atoms with Crippen molar-refractivity contribution in [2.45, 2.75) is 19.4 Å². The van der Waals surface area contributed by atoms with Crippen LogP contribution in [-0.2, 0) is 14.4 Å². The molecule has 0 aliphatic carbocycles. The molecule has 3 amide bonds. The Labute approximate surface area is 75.2 Å². The van der Waals surface area contributed by atoms with Crippen molar-refractivity contribution >= 4 is 17.7 Å². The van der Waals surface area contributed by atoms with Gasteiger partial charge in [0, 0.05) is 0 Å². The monoisotopic (exact) mass is 182 g/mol. The maximum Gasteiger partial charge on any atom is 0.249 e. The van der Waals surface area contributed by atoms with Crippen LogP contribution in [0.25, 0.3) is 0 Å². The molecule has 1 atom stereocenters. The van der Waals surface area contributed by atoms with Crippen LogP contribution in [0.3, 0.4) is 0 Å². The van der Waals surface area contributed by atoms with Crippen molar-refractivity contribution in [3.8, 4) is 0 Å². The van der Waals surface area contributed by atoms with Gasteiger partial charge in [0.05, 0.1) is 6.42 Å². The molecule has 0 bridgehead atoms. The number of carbonyl (C=O) groups excluding carboxylic acids is 3. The minimum absolute atomic E-state index is 0.0299. The average molecular weight is 182 g/mol. The average Bonchev–Trinajstić information content (AvgIpc) is 2.30. The molecule has 1 saturated heterocycles. The van der Waals surface area contributed by atoms with Crippen molar-refractivity contribution < 1.29 is 14.4 Å². The van der Waals surface area contributed by atoms with E-state index >= 15 is 0 Å². The van der Waals surface area contributed by atoms with Crippen molar-refractivity contribution in [1.29, 1.82) is 0 Å². The molecule has 1 fully saturated rings. The molecule has 0 spiro atoms. The second-order valence-electron chi connectivity index (χ2n) is 2.68. The van der Waals surface area contributed by atoms with Gasteiger partial charge in [-0.3, -0.25) is 19.7 Å². The first-order valence-electron chi connectivity index (χ1n) is 3.90. The van der Waals surface area contributed by atoms with Crippen LogP contribution in [0.15, 0.2) is 12.2 Å². The van der Waals surface area contributed by atoms with E-state index in [1.165, 1.54) is 6.08 Å². The highest BCUT2D eigenvalue weighted by atomic mass is 16.2. The van der Waals surface area contributed by atoms with E-state index in [1.54, 1.807) is 13.0 Å². The molecule has 2 N–H and O–H groups in total. The lowest BCUT2D eigenvalue weighted by atomic mass is 10.2. The minimum Gasteiger partial charge on any atom is -0.340 e. The number of rotatable bonds is 2. The Balaban J connectivity index is 2.50. The van der Waals surface area contributed by atoms with Gasteiger partial charge in [0.25, 0.3) is 0 Å². The number of hydrogen-bond acceptors (Lipinski definition) is 3. The molecule has 13 heavy (non-hydrogen) atoms. The standard InChI is InChI=1S/C8H10N2O3/c1-2-3-6(11)9-5-4-7(12)10-8(5)13/h2-3,5H,4H2,1H3,(H,9,11)(H,10,12,13)/b3-2+. The van der Waals surface area contributed by atoms with Crippen LogP contribution >= 0.6 is 0 Å². The minimum atomic E-state index is -0.712. The van der Waals surface area contributed by atoms with Crippen LogP contribution in [0.5, 0.6) is 0 Å². The maximum absolute atomic E-state index is 11.0. The lowest BCUT2D eigenvalue weighted by Gasteiger charge is -2.05. The van der Waals surface area contributed by atoms with E-state index in [9.17, 15) is 14.4 Å². The number of nitrogens with one attached hydrogen (secondary N) is 2. The van der Waals surface area contributed by atoms with E-state index in [4.69, 9.17) is 0 Å². The van der Waals surface area contributed by atoms with Gasteiger partial charge in [-0.2, -0.15) is 0 Å². The van der Waals surface area contributed by atoms with Gasteiger partial charge >= 0.3 is 0 Å². The molecule has 1 aliphatic rings. The Kier molecular flexibility index (Phi) is 2.79. The largest absolute Gasteiger partial charge is 0.340 e. The SMILES string of the molecule is C/C=C/C(=O)NC1CC(=O)NC1=O. The van der Waals surface area contributed by atoms with Gasteiger partial charge in [0.15, 0.2) is 0 Å². The van der Waals surface area contributed by atoms with Crippen LogP contribution in [0, 0.1) is 0 Å². The number of amides is 3. The molecular formula is C8H10N2O3. The predicted molar refractivity (Wildman–Crippen MR) is 44.5 cm³/mol. The van der Waals surface area contributed by atoms with Crippen molar-refractivity contribution in [3.63, 3.8) is 0 Å². The second-order valence-corrected chi connectivity index (χ2v) is 2.68. The lowest BCUT2D eigenvalue weighted by molar-refractivity contribution is -0.127. The Morgan fingerprint density at radius 3 is 2.77 bits per heavy atom. The summed E-state index contributed by atoms with van der Waals surface area (Å²) in [6, 6.07) is -0.712. The molecule has 0 aromatic rings. The van der Waals surface area contributed by atoms with E-state index < -0.39 is 11.9 Å². The van der Waals surface area contributed by atoms with E-state index in [0.29, 0.717) is 0 Å². The van der Waals surface area contributed by atoms with Crippen molar-refractivity contribution in [3.05, 3.63) is 12.2 Å². The fraction of sp³-hybridized carbons (Fsp3) is 0.375. The second kappa shape index (κ2) is 3.84. The Hall–Kier alpha value is -1.65. The van der Waals surface area contributed by atoms with Crippen molar-refractivity contribution in [2.24, 2.45) is 0 Å². The van der Waals surface area contributed by atoms with Crippen molar-refractivity contribution in [2.75, 3.05) is 0 Å². The van der Waals surface area contributed by atoms with Gasteiger partial charge in [-0.15, -0.1) is 0 Å². The van der Waals surface area contributed by atoms with E-state index in [1.807, 2.05) is 0 Å². The Bertz CT molecular complexity index is 283. The molecule has 0 saturated carbocycles. The summed E-state index contributed by atoms with van der Waals surface area (Å²) in [4.78, 5) is 32.6. The van der Waals surface area contributed by atoms with E-state index in [0.717, 1.165) is 0 Å². The third-order valence-corrected chi connectivity index (χ3v) is 1.60. The molecule has 5 heteroatoms. The van der Waals surface area contributed by atoms with Crippen LogP contribution < -0.4 is 10.6 Å². The molecule has 0 radical (unpaired) electrons. The topological polar surface area (TPSA) is 75.3 Å². The van der Waals surface area contributed by atoms with E-state index in [2.05, 4.69) is 10.6 Å². The van der Waals surface area contributed by atoms with Gasteiger partial charge in [-0.25, -0.2) is 0 Å². The summed E-state index contributed by atoms with van der Waals surface area (Å²) in [7, 11) is 0. The first-order chi connectivity index (χ1) is 6.13. The molecule has 1 rings (SSSR count). The first kappa shape index (κ1) is 9.44. The van der Waals surface area contributed by atoms with E-state index in [-0.39, 0.29) is 18.2 Å². The summed E-state index contributed by atoms with van der Waals surface area (Å²) in [6.07, 6.45) is 2.89. The zero-order valence-electron chi connectivity index (χ0n) is 7.16. The maximum atomic E-state index is 11.0. The van der Waals surface area contributed by atoms with Crippen LogP contribution in [0.2, 0.25) is 0 Å². The first-order valence-corrected chi connectivity index (χ1v) is 3.90. The van der Waals surface area contributed by atoms with Gasteiger partial charge in [0.2, 0.25) is 17.7 Å². The molecule has 70 valence electrons. The number of allylic oxidation sites excluding steroid dienone is 1.